The second-order valence-electron chi connectivity index (χ2n) is 4.37. The molecule has 2 aromatic rings. The van der Waals surface area contributed by atoms with Gasteiger partial charge in [0.15, 0.2) is 0 Å². The summed E-state index contributed by atoms with van der Waals surface area (Å²) in [5.74, 6) is 0. The Morgan fingerprint density at radius 3 is 2.56 bits per heavy atom. The zero-order chi connectivity index (χ0) is 13.0. The normalized spacial score (nSPS) is 11.8. The van der Waals surface area contributed by atoms with Crippen LogP contribution in [0.15, 0.2) is 35.7 Å². The van der Waals surface area contributed by atoms with Gasteiger partial charge in [-0.2, -0.15) is 5.26 Å². The number of nitriles is 1. The van der Waals surface area contributed by atoms with Crippen molar-refractivity contribution in [3.05, 3.63) is 51.7 Å². The molecule has 0 fully saturated rings. The molecule has 0 aliphatic rings. The molecule has 0 radical (unpaired) electrons. The minimum atomic E-state index is 0.312. The van der Waals surface area contributed by atoms with Gasteiger partial charge in [0.05, 0.1) is 18.5 Å². The molecule has 1 N–H and O–H groups in total. The molecular formula is C15H16N2S. The van der Waals surface area contributed by atoms with Crippen LogP contribution in [0.3, 0.4) is 0 Å². The second-order valence-corrected chi connectivity index (χ2v) is 5.31. The van der Waals surface area contributed by atoms with Crippen LogP contribution in [0, 0.1) is 18.3 Å². The summed E-state index contributed by atoms with van der Waals surface area (Å²) in [5, 5.41) is 14.2. The maximum Gasteiger partial charge on any atom is 0.0669 e. The van der Waals surface area contributed by atoms with Gasteiger partial charge in [-0.25, -0.2) is 0 Å². The van der Waals surface area contributed by atoms with E-state index in [1.807, 2.05) is 24.3 Å². The van der Waals surface area contributed by atoms with E-state index in [4.69, 9.17) is 5.26 Å². The summed E-state index contributed by atoms with van der Waals surface area (Å²) in [4.78, 5) is 1.37. The van der Waals surface area contributed by atoms with Gasteiger partial charge in [0, 0.05) is 10.6 Å². The average Bonchev–Trinajstić information content (AvgIpc) is 2.78. The van der Waals surface area contributed by atoms with Crippen LogP contribution in [0.5, 0.6) is 0 Å². The first-order chi connectivity index (χ1) is 8.70. The maximum absolute atomic E-state index is 8.63. The van der Waals surface area contributed by atoms with Gasteiger partial charge in [0.25, 0.3) is 0 Å². The third-order valence-corrected chi connectivity index (χ3v) is 4.12. The fourth-order valence-electron chi connectivity index (χ4n) is 1.95. The van der Waals surface area contributed by atoms with E-state index in [1.165, 1.54) is 10.4 Å². The fraction of sp³-hybridized carbons (Fsp3) is 0.267. The number of anilines is 1. The number of nitrogens with one attached hydrogen (secondary N) is 1. The maximum atomic E-state index is 8.63. The molecule has 18 heavy (non-hydrogen) atoms. The van der Waals surface area contributed by atoms with Gasteiger partial charge in [0.1, 0.15) is 0 Å². The van der Waals surface area contributed by atoms with Crippen LogP contribution in [0.2, 0.25) is 0 Å². The fourth-order valence-corrected chi connectivity index (χ4v) is 2.89. The first-order valence-corrected chi connectivity index (χ1v) is 6.85. The summed E-state index contributed by atoms with van der Waals surface area (Å²) in [7, 11) is 0. The minimum Gasteiger partial charge on any atom is -0.378 e. The van der Waals surface area contributed by atoms with Crippen molar-refractivity contribution in [1.29, 1.82) is 5.26 Å². The molecule has 0 amide bonds. The molecular weight excluding hydrogens is 240 g/mol. The highest BCUT2D eigenvalue weighted by Gasteiger charge is 2.09. The Kier molecular flexibility index (Phi) is 4.01. The lowest BCUT2D eigenvalue weighted by Crippen LogP contribution is -2.05. The van der Waals surface area contributed by atoms with E-state index in [0.29, 0.717) is 12.5 Å². The van der Waals surface area contributed by atoms with Crippen molar-refractivity contribution in [3.8, 4) is 6.07 Å². The number of rotatable bonds is 4. The standard InChI is InChI=1S/C15H16N2S/c1-11-8-10-18-15(11)12(2)17-14-5-3-13(4-6-14)7-9-16/h3-6,8,10,12,17H,7H2,1-2H3. The highest BCUT2D eigenvalue weighted by atomic mass is 32.1. The highest BCUT2D eigenvalue weighted by Crippen LogP contribution is 2.26. The van der Waals surface area contributed by atoms with Gasteiger partial charge in [-0.15, -0.1) is 11.3 Å². The van der Waals surface area contributed by atoms with Crippen molar-refractivity contribution >= 4 is 17.0 Å². The number of nitrogens with zero attached hydrogens (tertiary/aromatic N) is 1. The van der Waals surface area contributed by atoms with E-state index in [0.717, 1.165) is 11.3 Å². The molecule has 0 saturated heterocycles. The van der Waals surface area contributed by atoms with Crippen molar-refractivity contribution in [2.75, 3.05) is 5.32 Å². The quantitative estimate of drug-likeness (QED) is 0.885. The van der Waals surface area contributed by atoms with E-state index in [2.05, 4.69) is 36.7 Å². The van der Waals surface area contributed by atoms with Crippen molar-refractivity contribution in [3.63, 3.8) is 0 Å². The number of benzene rings is 1. The van der Waals surface area contributed by atoms with E-state index in [9.17, 15) is 0 Å². The molecule has 3 heteroatoms. The number of thiophene rings is 1. The summed E-state index contributed by atoms with van der Waals surface area (Å²) < 4.78 is 0. The van der Waals surface area contributed by atoms with Crippen molar-refractivity contribution < 1.29 is 0 Å². The van der Waals surface area contributed by atoms with Gasteiger partial charge < -0.3 is 5.32 Å². The Morgan fingerprint density at radius 1 is 1.28 bits per heavy atom. The van der Waals surface area contributed by atoms with Crippen LogP contribution < -0.4 is 5.32 Å². The smallest absolute Gasteiger partial charge is 0.0669 e. The predicted molar refractivity (Wildman–Crippen MR) is 76.9 cm³/mol. The molecule has 0 aliphatic carbocycles. The zero-order valence-corrected chi connectivity index (χ0v) is 11.4. The van der Waals surface area contributed by atoms with Crippen molar-refractivity contribution in [1.82, 2.24) is 0 Å². The molecule has 1 heterocycles. The molecule has 0 aliphatic heterocycles. The van der Waals surface area contributed by atoms with Crippen LogP contribution in [-0.4, -0.2) is 0 Å². The van der Waals surface area contributed by atoms with Gasteiger partial charge >= 0.3 is 0 Å². The van der Waals surface area contributed by atoms with E-state index < -0.39 is 0 Å². The van der Waals surface area contributed by atoms with Crippen LogP contribution in [0.25, 0.3) is 0 Å². The van der Waals surface area contributed by atoms with Gasteiger partial charge in [-0.3, -0.25) is 0 Å². The van der Waals surface area contributed by atoms with Crippen LogP contribution >= 0.6 is 11.3 Å². The van der Waals surface area contributed by atoms with Gasteiger partial charge in [-0.1, -0.05) is 12.1 Å². The predicted octanol–water partition coefficient (Wildman–Crippen LogP) is 4.30. The third kappa shape index (κ3) is 2.91. The van der Waals surface area contributed by atoms with Crippen LogP contribution in [0.4, 0.5) is 5.69 Å². The summed E-state index contributed by atoms with van der Waals surface area (Å²) in [6.07, 6.45) is 0.472. The largest absolute Gasteiger partial charge is 0.378 e. The molecule has 2 rings (SSSR count). The van der Waals surface area contributed by atoms with E-state index in [1.54, 1.807) is 11.3 Å². The lowest BCUT2D eigenvalue weighted by Gasteiger charge is -2.15. The Labute approximate surface area is 112 Å². The Morgan fingerprint density at radius 2 is 2.00 bits per heavy atom. The lowest BCUT2D eigenvalue weighted by atomic mass is 10.1. The molecule has 0 bridgehead atoms. The molecule has 1 unspecified atom stereocenters. The van der Waals surface area contributed by atoms with E-state index >= 15 is 0 Å². The first-order valence-electron chi connectivity index (χ1n) is 5.97. The summed E-state index contributed by atoms with van der Waals surface area (Å²) in [6.45, 7) is 4.31. The minimum absolute atomic E-state index is 0.312. The van der Waals surface area contributed by atoms with Crippen LogP contribution in [0.1, 0.15) is 29.0 Å². The molecule has 0 spiro atoms. The third-order valence-electron chi connectivity index (χ3n) is 2.92. The van der Waals surface area contributed by atoms with Crippen molar-refractivity contribution in [2.45, 2.75) is 26.3 Å². The Hall–Kier alpha value is -1.79. The first kappa shape index (κ1) is 12.7. The molecule has 1 atom stereocenters. The molecule has 92 valence electrons. The SMILES string of the molecule is Cc1ccsc1C(C)Nc1ccc(CC#N)cc1. The second kappa shape index (κ2) is 5.70. The van der Waals surface area contributed by atoms with Gasteiger partial charge in [-0.05, 0) is 48.6 Å². The zero-order valence-electron chi connectivity index (χ0n) is 10.6. The van der Waals surface area contributed by atoms with Crippen LogP contribution in [-0.2, 0) is 6.42 Å². The monoisotopic (exact) mass is 256 g/mol. The van der Waals surface area contributed by atoms with E-state index in [-0.39, 0.29) is 0 Å². The average molecular weight is 256 g/mol. The number of aryl methyl sites for hydroxylation is 1. The van der Waals surface area contributed by atoms with Gasteiger partial charge in [0.2, 0.25) is 0 Å². The lowest BCUT2D eigenvalue weighted by molar-refractivity contribution is 0.899. The molecule has 1 aromatic heterocycles. The summed E-state index contributed by atoms with van der Waals surface area (Å²) >= 11 is 1.78. The highest BCUT2D eigenvalue weighted by molar-refractivity contribution is 7.10. The summed E-state index contributed by atoms with van der Waals surface area (Å²) in [6, 6.07) is 12.7. The molecule has 0 saturated carbocycles. The Balaban J connectivity index is 2.06. The summed E-state index contributed by atoms with van der Waals surface area (Å²) in [5.41, 5.74) is 3.49. The molecule has 1 aromatic carbocycles. The molecule has 2 nitrogen and oxygen atoms in total. The topological polar surface area (TPSA) is 35.8 Å². The number of hydrogen-bond acceptors (Lipinski definition) is 3. The van der Waals surface area contributed by atoms with Crippen molar-refractivity contribution in [2.24, 2.45) is 0 Å². The number of hydrogen-bond donors (Lipinski definition) is 1. The Bertz CT molecular complexity index is 549.